The highest BCUT2D eigenvalue weighted by molar-refractivity contribution is 7.22. The number of hydrogen-bond acceptors (Lipinski definition) is 7. The number of hydrogen-bond donors (Lipinski definition) is 1. The molecule has 3 heterocycles. The number of para-hydroxylation sites is 1. The number of rotatable bonds is 4. The van der Waals surface area contributed by atoms with Gasteiger partial charge in [0.2, 0.25) is 11.0 Å². The minimum absolute atomic E-state index is 0.165. The van der Waals surface area contributed by atoms with Crippen LogP contribution in [0.4, 0.5) is 5.13 Å². The van der Waals surface area contributed by atoms with Gasteiger partial charge in [-0.3, -0.25) is 0 Å². The van der Waals surface area contributed by atoms with E-state index in [-0.39, 0.29) is 5.60 Å². The number of anilines is 1. The van der Waals surface area contributed by atoms with Gasteiger partial charge in [0.1, 0.15) is 17.7 Å². The molecule has 7 heteroatoms. The van der Waals surface area contributed by atoms with Gasteiger partial charge in [-0.05, 0) is 37.6 Å². The van der Waals surface area contributed by atoms with E-state index in [9.17, 15) is 0 Å². The molecule has 0 radical (unpaired) electrons. The van der Waals surface area contributed by atoms with Gasteiger partial charge >= 0.3 is 0 Å². The first-order valence-corrected chi connectivity index (χ1v) is 9.80. The van der Waals surface area contributed by atoms with Crippen LogP contribution in [0.25, 0.3) is 21.5 Å². The van der Waals surface area contributed by atoms with Gasteiger partial charge < -0.3 is 9.57 Å². The second-order valence-electron chi connectivity index (χ2n) is 7.29. The van der Waals surface area contributed by atoms with Crippen molar-refractivity contribution in [3.8, 4) is 22.9 Å². The summed E-state index contributed by atoms with van der Waals surface area (Å²) in [4.78, 5) is 18.7. The molecule has 28 heavy (non-hydrogen) atoms. The molecule has 1 N–H and O–H groups in total. The number of ether oxygens (including phenoxy) is 1. The van der Waals surface area contributed by atoms with Crippen LogP contribution in [0.5, 0.6) is 11.6 Å². The van der Waals surface area contributed by atoms with Gasteiger partial charge in [-0.2, -0.15) is 10.5 Å². The lowest BCUT2D eigenvalue weighted by atomic mass is 10.0. The van der Waals surface area contributed by atoms with Crippen molar-refractivity contribution in [2.75, 3.05) is 5.48 Å². The standard InChI is InChI=1S/C21H18N4O2S/c1-21(2)11-14-8-7-13(9-17(14)26-21)16-10-19(23-12-22-16)27-25-20-24-15-5-3-4-6-18(15)28-20/h3-10,12H,11H2,1-2H3,(H,24,25). The summed E-state index contributed by atoms with van der Waals surface area (Å²) >= 11 is 1.52. The molecule has 140 valence electrons. The minimum Gasteiger partial charge on any atom is -0.487 e. The van der Waals surface area contributed by atoms with Crippen LogP contribution in [0, 0.1) is 0 Å². The zero-order valence-electron chi connectivity index (χ0n) is 15.5. The second-order valence-corrected chi connectivity index (χ2v) is 8.32. The Morgan fingerprint density at radius 3 is 2.89 bits per heavy atom. The molecule has 1 aliphatic heterocycles. The lowest BCUT2D eigenvalue weighted by molar-refractivity contribution is 0.138. The first kappa shape index (κ1) is 16.9. The number of thiazole rings is 1. The average Bonchev–Trinajstić information content (AvgIpc) is 3.24. The molecule has 0 saturated carbocycles. The van der Waals surface area contributed by atoms with Gasteiger partial charge in [0, 0.05) is 18.1 Å². The molecule has 5 rings (SSSR count). The normalized spacial score (nSPS) is 14.5. The summed E-state index contributed by atoms with van der Waals surface area (Å²) in [6, 6.07) is 15.9. The molecule has 4 aromatic rings. The Labute approximate surface area is 166 Å². The molecule has 0 unspecified atom stereocenters. The van der Waals surface area contributed by atoms with Crippen molar-refractivity contribution in [2.45, 2.75) is 25.9 Å². The highest BCUT2D eigenvalue weighted by Crippen LogP contribution is 2.37. The Morgan fingerprint density at radius 1 is 1.11 bits per heavy atom. The van der Waals surface area contributed by atoms with Crippen LogP contribution >= 0.6 is 11.3 Å². The van der Waals surface area contributed by atoms with Gasteiger partial charge in [-0.1, -0.05) is 35.6 Å². The predicted molar refractivity (Wildman–Crippen MR) is 110 cm³/mol. The maximum atomic E-state index is 6.03. The van der Waals surface area contributed by atoms with E-state index in [0.717, 1.165) is 33.6 Å². The number of nitrogens with zero attached hydrogens (tertiary/aromatic N) is 3. The van der Waals surface area contributed by atoms with E-state index in [1.165, 1.54) is 23.2 Å². The van der Waals surface area contributed by atoms with Gasteiger partial charge in [0.15, 0.2) is 0 Å². The van der Waals surface area contributed by atoms with Crippen molar-refractivity contribution >= 4 is 26.7 Å². The van der Waals surface area contributed by atoms with Crippen LogP contribution in [-0.4, -0.2) is 20.6 Å². The summed E-state index contributed by atoms with van der Waals surface area (Å²) in [5, 5.41) is 0.675. The lowest BCUT2D eigenvalue weighted by Gasteiger charge is -2.16. The first-order valence-electron chi connectivity index (χ1n) is 8.99. The predicted octanol–water partition coefficient (Wildman–Crippen LogP) is 4.87. The zero-order valence-corrected chi connectivity index (χ0v) is 16.3. The lowest BCUT2D eigenvalue weighted by Crippen LogP contribution is -2.24. The fourth-order valence-corrected chi connectivity index (χ4v) is 4.11. The van der Waals surface area contributed by atoms with Gasteiger partial charge in [0.05, 0.1) is 15.9 Å². The maximum Gasteiger partial charge on any atom is 0.249 e. The Kier molecular flexibility index (Phi) is 3.91. The summed E-state index contributed by atoms with van der Waals surface area (Å²) < 4.78 is 7.12. The SMILES string of the molecule is CC1(C)Cc2ccc(-c3cc(ONc4nc5ccccc5s4)ncn3)cc2O1. The summed E-state index contributed by atoms with van der Waals surface area (Å²) in [6.45, 7) is 4.19. The van der Waals surface area contributed by atoms with E-state index in [1.54, 1.807) is 6.07 Å². The van der Waals surface area contributed by atoms with Crippen LogP contribution < -0.4 is 15.1 Å². The molecule has 0 bridgehead atoms. The molecule has 2 aromatic heterocycles. The molecule has 0 atom stereocenters. The molecule has 0 spiro atoms. The molecule has 1 aliphatic rings. The molecular formula is C21H18N4O2S. The fourth-order valence-electron chi connectivity index (χ4n) is 3.31. The quantitative estimate of drug-likeness (QED) is 0.501. The molecule has 0 amide bonds. The van der Waals surface area contributed by atoms with Crippen LogP contribution in [-0.2, 0) is 6.42 Å². The number of fused-ring (bicyclic) bond motifs is 2. The Balaban J connectivity index is 1.35. The van der Waals surface area contributed by atoms with Crippen LogP contribution in [0.15, 0.2) is 54.9 Å². The van der Waals surface area contributed by atoms with Gasteiger partial charge in [0.25, 0.3) is 0 Å². The number of aromatic nitrogens is 3. The van der Waals surface area contributed by atoms with E-state index >= 15 is 0 Å². The summed E-state index contributed by atoms with van der Waals surface area (Å²) in [5.41, 5.74) is 6.59. The monoisotopic (exact) mass is 390 g/mol. The van der Waals surface area contributed by atoms with Crippen LogP contribution in [0.3, 0.4) is 0 Å². The van der Waals surface area contributed by atoms with Crippen molar-refractivity contribution in [2.24, 2.45) is 0 Å². The van der Waals surface area contributed by atoms with E-state index in [1.807, 2.05) is 30.3 Å². The minimum atomic E-state index is -0.165. The molecule has 2 aromatic carbocycles. The third-order valence-corrected chi connectivity index (χ3v) is 5.48. The summed E-state index contributed by atoms with van der Waals surface area (Å²) in [6.07, 6.45) is 2.40. The molecule has 0 fully saturated rings. The van der Waals surface area contributed by atoms with E-state index in [2.05, 4.69) is 46.4 Å². The summed E-state index contributed by atoms with van der Waals surface area (Å²) in [7, 11) is 0. The third kappa shape index (κ3) is 3.25. The smallest absolute Gasteiger partial charge is 0.249 e. The van der Waals surface area contributed by atoms with E-state index in [0.29, 0.717) is 11.0 Å². The molecule has 0 aliphatic carbocycles. The van der Waals surface area contributed by atoms with Crippen molar-refractivity contribution in [3.63, 3.8) is 0 Å². The van der Waals surface area contributed by atoms with Crippen molar-refractivity contribution in [1.82, 2.24) is 15.0 Å². The topological polar surface area (TPSA) is 69.2 Å². The molecular weight excluding hydrogens is 372 g/mol. The van der Waals surface area contributed by atoms with Crippen LogP contribution in [0.1, 0.15) is 19.4 Å². The third-order valence-electron chi connectivity index (χ3n) is 4.54. The van der Waals surface area contributed by atoms with Gasteiger partial charge in [-0.25, -0.2) is 9.97 Å². The summed E-state index contributed by atoms with van der Waals surface area (Å²) in [5.74, 6) is 1.34. The van der Waals surface area contributed by atoms with Gasteiger partial charge in [-0.15, -0.1) is 0 Å². The molecule has 0 saturated heterocycles. The Morgan fingerprint density at radius 2 is 2.00 bits per heavy atom. The second kappa shape index (κ2) is 6.45. The Hall–Kier alpha value is -3.19. The maximum absolute atomic E-state index is 6.03. The average molecular weight is 390 g/mol. The van der Waals surface area contributed by atoms with E-state index in [4.69, 9.17) is 9.57 Å². The van der Waals surface area contributed by atoms with E-state index < -0.39 is 0 Å². The highest BCUT2D eigenvalue weighted by atomic mass is 32.1. The zero-order chi connectivity index (χ0) is 19.1. The van der Waals surface area contributed by atoms with Crippen molar-refractivity contribution in [3.05, 3.63) is 60.4 Å². The molecule has 6 nitrogen and oxygen atoms in total. The highest BCUT2D eigenvalue weighted by Gasteiger charge is 2.30. The first-order chi connectivity index (χ1) is 13.6. The van der Waals surface area contributed by atoms with Crippen molar-refractivity contribution < 1.29 is 9.57 Å². The fraction of sp³-hybridized carbons (Fsp3) is 0.190. The number of nitrogens with one attached hydrogen (secondary N) is 1. The number of benzene rings is 2. The Bertz CT molecular complexity index is 1140. The van der Waals surface area contributed by atoms with Crippen LogP contribution in [0.2, 0.25) is 0 Å². The largest absolute Gasteiger partial charge is 0.487 e. The van der Waals surface area contributed by atoms with Crippen molar-refractivity contribution in [1.29, 1.82) is 0 Å².